The Morgan fingerprint density at radius 2 is 2.18 bits per heavy atom. The average molecular weight is 300 g/mol. The number of anilines is 1. The highest BCUT2D eigenvalue weighted by Crippen LogP contribution is 2.21. The van der Waals surface area contributed by atoms with Crippen LogP contribution in [0, 0.1) is 5.92 Å². The number of nitrogens with one attached hydrogen (secondary N) is 1. The first-order valence-corrected chi connectivity index (χ1v) is 8.14. The van der Waals surface area contributed by atoms with E-state index in [9.17, 15) is 0 Å². The first-order chi connectivity index (χ1) is 10.9. The Labute approximate surface area is 131 Å². The summed E-state index contributed by atoms with van der Waals surface area (Å²) in [7, 11) is 0. The maximum absolute atomic E-state index is 5.63. The molecule has 0 radical (unpaired) electrons. The third-order valence-corrected chi connectivity index (χ3v) is 4.12. The van der Waals surface area contributed by atoms with Crippen molar-refractivity contribution in [3.05, 3.63) is 30.1 Å². The summed E-state index contributed by atoms with van der Waals surface area (Å²) in [5.41, 5.74) is 6.61. The van der Waals surface area contributed by atoms with Crippen molar-refractivity contribution < 1.29 is 4.74 Å². The highest BCUT2D eigenvalue weighted by atomic mass is 16.5. The summed E-state index contributed by atoms with van der Waals surface area (Å²) < 4.78 is 5.42. The standard InChI is InChI=1S/C17H24N4O/c18-9-7-16-20-15-6-2-1-5-14(15)17(21-16)19-10-3-4-13-8-11-22-12-13/h1-2,5-6,13H,3-4,7-12,18H2,(H,19,20,21). The van der Waals surface area contributed by atoms with Crippen molar-refractivity contribution in [1.29, 1.82) is 0 Å². The fourth-order valence-electron chi connectivity index (χ4n) is 2.91. The Kier molecular flexibility index (Phi) is 5.19. The Morgan fingerprint density at radius 3 is 3.00 bits per heavy atom. The fourth-order valence-corrected chi connectivity index (χ4v) is 2.91. The monoisotopic (exact) mass is 300 g/mol. The molecule has 1 unspecified atom stereocenters. The number of benzene rings is 1. The van der Waals surface area contributed by atoms with Gasteiger partial charge in [0.15, 0.2) is 0 Å². The molecule has 0 bridgehead atoms. The van der Waals surface area contributed by atoms with Gasteiger partial charge in [0.05, 0.1) is 5.52 Å². The smallest absolute Gasteiger partial charge is 0.137 e. The zero-order valence-corrected chi connectivity index (χ0v) is 12.9. The molecule has 5 nitrogen and oxygen atoms in total. The van der Waals surface area contributed by atoms with E-state index in [0.717, 1.165) is 54.6 Å². The van der Waals surface area contributed by atoms with Crippen LogP contribution in [0.5, 0.6) is 0 Å². The van der Waals surface area contributed by atoms with Crippen molar-refractivity contribution in [2.45, 2.75) is 25.7 Å². The Bertz CT molecular complexity index is 611. The third-order valence-electron chi connectivity index (χ3n) is 4.12. The quantitative estimate of drug-likeness (QED) is 0.768. The van der Waals surface area contributed by atoms with Gasteiger partial charge in [0.1, 0.15) is 11.6 Å². The lowest BCUT2D eigenvalue weighted by Crippen LogP contribution is -2.11. The largest absolute Gasteiger partial charge is 0.381 e. The molecule has 22 heavy (non-hydrogen) atoms. The van der Waals surface area contributed by atoms with E-state index in [-0.39, 0.29) is 0 Å². The minimum absolute atomic E-state index is 0.569. The predicted octanol–water partition coefficient (Wildman–Crippen LogP) is 2.36. The molecule has 2 aromatic rings. The number of rotatable bonds is 7. The van der Waals surface area contributed by atoms with Crippen LogP contribution in [0.25, 0.3) is 10.9 Å². The normalized spacial score (nSPS) is 18.0. The molecule has 2 heterocycles. The summed E-state index contributed by atoms with van der Waals surface area (Å²) in [6.07, 6.45) is 4.26. The van der Waals surface area contributed by atoms with Crippen molar-refractivity contribution in [1.82, 2.24) is 9.97 Å². The molecule has 1 aliphatic heterocycles. The minimum atomic E-state index is 0.569. The van der Waals surface area contributed by atoms with Crippen molar-refractivity contribution in [3.8, 4) is 0 Å². The van der Waals surface area contributed by atoms with Gasteiger partial charge in [-0.3, -0.25) is 0 Å². The van der Waals surface area contributed by atoms with E-state index in [1.165, 1.54) is 12.8 Å². The van der Waals surface area contributed by atoms with Gasteiger partial charge in [-0.2, -0.15) is 0 Å². The van der Waals surface area contributed by atoms with Gasteiger partial charge in [-0.25, -0.2) is 9.97 Å². The zero-order valence-electron chi connectivity index (χ0n) is 12.9. The number of nitrogens with two attached hydrogens (primary N) is 1. The predicted molar refractivity (Wildman–Crippen MR) is 88.9 cm³/mol. The number of para-hydroxylation sites is 1. The van der Waals surface area contributed by atoms with Crippen LogP contribution >= 0.6 is 0 Å². The van der Waals surface area contributed by atoms with Gasteiger partial charge in [-0.05, 0) is 43.9 Å². The summed E-state index contributed by atoms with van der Waals surface area (Å²) in [6.45, 7) is 3.35. The maximum atomic E-state index is 5.63. The average Bonchev–Trinajstić information content (AvgIpc) is 3.05. The van der Waals surface area contributed by atoms with Crippen LogP contribution in [0.4, 0.5) is 5.82 Å². The number of fused-ring (bicyclic) bond motifs is 1. The van der Waals surface area contributed by atoms with Gasteiger partial charge in [-0.1, -0.05) is 12.1 Å². The van der Waals surface area contributed by atoms with Crippen LogP contribution in [0.2, 0.25) is 0 Å². The Balaban J connectivity index is 1.65. The molecule has 3 rings (SSSR count). The highest BCUT2D eigenvalue weighted by molar-refractivity contribution is 5.88. The van der Waals surface area contributed by atoms with Gasteiger partial charge in [0, 0.05) is 31.6 Å². The highest BCUT2D eigenvalue weighted by Gasteiger charge is 2.14. The van der Waals surface area contributed by atoms with Gasteiger partial charge in [0.2, 0.25) is 0 Å². The molecule has 1 aromatic carbocycles. The van der Waals surface area contributed by atoms with E-state index >= 15 is 0 Å². The molecule has 1 aromatic heterocycles. The van der Waals surface area contributed by atoms with Gasteiger partial charge in [-0.15, -0.1) is 0 Å². The number of ether oxygens (including phenoxy) is 1. The molecule has 1 aliphatic rings. The number of nitrogens with zero attached hydrogens (tertiary/aromatic N) is 2. The summed E-state index contributed by atoms with van der Waals surface area (Å²) in [5.74, 6) is 2.47. The van der Waals surface area contributed by atoms with E-state index in [1.54, 1.807) is 0 Å². The van der Waals surface area contributed by atoms with Crippen molar-refractivity contribution in [2.24, 2.45) is 11.7 Å². The lowest BCUT2D eigenvalue weighted by atomic mass is 10.0. The van der Waals surface area contributed by atoms with Crippen LogP contribution in [-0.4, -0.2) is 36.3 Å². The molecule has 1 fully saturated rings. The SMILES string of the molecule is NCCc1nc(NCCCC2CCOC2)c2ccccc2n1. The van der Waals surface area contributed by atoms with E-state index in [4.69, 9.17) is 10.5 Å². The summed E-state index contributed by atoms with van der Waals surface area (Å²) in [6, 6.07) is 8.12. The lowest BCUT2D eigenvalue weighted by Gasteiger charge is -2.12. The molecule has 1 atom stereocenters. The van der Waals surface area contributed by atoms with E-state index in [1.807, 2.05) is 18.2 Å². The number of hydrogen-bond acceptors (Lipinski definition) is 5. The van der Waals surface area contributed by atoms with Crippen LogP contribution in [-0.2, 0) is 11.2 Å². The Hall–Kier alpha value is -1.72. The summed E-state index contributed by atoms with van der Waals surface area (Å²) >= 11 is 0. The molecule has 0 saturated carbocycles. The Morgan fingerprint density at radius 1 is 1.27 bits per heavy atom. The lowest BCUT2D eigenvalue weighted by molar-refractivity contribution is 0.184. The van der Waals surface area contributed by atoms with Gasteiger partial charge >= 0.3 is 0 Å². The number of aromatic nitrogens is 2. The molecule has 1 saturated heterocycles. The van der Waals surface area contributed by atoms with Crippen LogP contribution < -0.4 is 11.1 Å². The van der Waals surface area contributed by atoms with E-state index < -0.39 is 0 Å². The molecular formula is C17H24N4O. The van der Waals surface area contributed by atoms with E-state index in [2.05, 4.69) is 21.4 Å². The second kappa shape index (κ2) is 7.51. The molecule has 0 amide bonds. The summed E-state index contributed by atoms with van der Waals surface area (Å²) in [4.78, 5) is 9.20. The fraction of sp³-hybridized carbons (Fsp3) is 0.529. The first kappa shape index (κ1) is 15.2. The minimum Gasteiger partial charge on any atom is -0.381 e. The molecule has 0 aliphatic carbocycles. The van der Waals surface area contributed by atoms with Crippen LogP contribution in [0.1, 0.15) is 25.1 Å². The zero-order chi connectivity index (χ0) is 15.2. The van der Waals surface area contributed by atoms with Crippen LogP contribution in [0.15, 0.2) is 24.3 Å². The third kappa shape index (κ3) is 3.72. The second-order valence-corrected chi connectivity index (χ2v) is 5.84. The van der Waals surface area contributed by atoms with E-state index in [0.29, 0.717) is 13.0 Å². The summed E-state index contributed by atoms with van der Waals surface area (Å²) in [5, 5.41) is 4.55. The molecule has 118 valence electrons. The molecule has 0 spiro atoms. The van der Waals surface area contributed by atoms with Gasteiger partial charge < -0.3 is 15.8 Å². The maximum Gasteiger partial charge on any atom is 0.137 e. The van der Waals surface area contributed by atoms with Crippen LogP contribution in [0.3, 0.4) is 0 Å². The topological polar surface area (TPSA) is 73.1 Å². The molecular weight excluding hydrogens is 276 g/mol. The van der Waals surface area contributed by atoms with Gasteiger partial charge in [0.25, 0.3) is 0 Å². The number of hydrogen-bond donors (Lipinski definition) is 2. The van der Waals surface area contributed by atoms with Crippen molar-refractivity contribution in [3.63, 3.8) is 0 Å². The van der Waals surface area contributed by atoms with Crippen molar-refractivity contribution in [2.75, 3.05) is 31.6 Å². The first-order valence-electron chi connectivity index (χ1n) is 8.14. The van der Waals surface area contributed by atoms with Crippen molar-refractivity contribution >= 4 is 16.7 Å². The molecule has 3 N–H and O–H groups in total. The second-order valence-electron chi connectivity index (χ2n) is 5.84. The molecule has 5 heteroatoms.